The van der Waals surface area contributed by atoms with E-state index in [1.165, 1.54) is 51.5 Å². The third-order valence-electron chi connectivity index (χ3n) is 4.94. The van der Waals surface area contributed by atoms with Crippen LogP contribution in [0.5, 0.6) is 0 Å². The Balaban J connectivity index is 1.68. The Kier molecular flexibility index (Phi) is 4.87. The molecule has 1 N–H and O–H groups in total. The minimum atomic E-state index is 0.486. The Morgan fingerprint density at radius 3 is 2.35 bits per heavy atom. The van der Waals surface area contributed by atoms with Crippen molar-refractivity contribution in [2.75, 3.05) is 19.8 Å². The SMILES string of the molecule is CCC1CCC(NCC2(C)CCOCC2)CC1. The second kappa shape index (κ2) is 6.19. The van der Waals surface area contributed by atoms with E-state index >= 15 is 0 Å². The molecule has 1 aliphatic carbocycles. The summed E-state index contributed by atoms with van der Waals surface area (Å²) in [5.41, 5.74) is 0.486. The van der Waals surface area contributed by atoms with E-state index in [4.69, 9.17) is 4.74 Å². The predicted octanol–water partition coefficient (Wildman–Crippen LogP) is 3.36. The molecule has 0 bridgehead atoms. The monoisotopic (exact) mass is 239 g/mol. The molecule has 2 nitrogen and oxygen atoms in total. The first kappa shape index (κ1) is 13.4. The van der Waals surface area contributed by atoms with E-state index in [2.05, 4.69) is 19.2 Å². The minimum Gasteiger partial charge on any atom is -0.381 e. The lowest BCUT2D eigenvalue weighted by atomic mass is 9.80. The third-order valence-corrected chi connectivity index (χ3v) is 4.94. The summed E-state index contributed by atoms with van der Waals surface area (Å²) in [6, 6.07) is 0.789. The average Bonchev–Trinajstić information content (AvgIpc) is 2.38. The quantitative estimate of drug-likeness (QED) is 0.812. The zero-order valence-corrected chi connectivity index (χ0v) is 11.6. The molecular weight excluding hydrogens is 210 g/mol. The first-order valence-electron chi connectivity index (χ1n) is 7.53. The van der Waals surface area contributed by atoms with E-state index in [0.29, 0.717) is 5.41 Å². The van der Waals surface area contributed by atoms with Gasteiger partial charge in [-0.15, -0.1) is 0 Å². The van der Waals surface area contributed by atoms with Crippen LogP contribution in [0.3, 0.4) is 0 Å². The summed E-state index contributed by atoms with van der Waals surface area (Å²) in [7, 11) is 0. The lowest BCUT2D eigenvalue weighted by Crippen LogP contribution is -2.42. The molecule has 0 atom stereocenters. The third kappa shape index (κ3) is 3.96. The number of nitrogens with one attached hydrogen (secondary N) is 1. The van der Waals surface area contributed by atoms with E-state index in [1.54, 1.807) is 0 Å². The Bertz CT molecular complexity index is 215. The van der Waals surface area contributed by atoms with Crippen molar-refractivity contribution in [2.45, 2.75) is 64.8 Å². The van der Waals surface area contributed by atoms with Gasteiger partial charge in [0, 0.05) is 25.8 Å². The van der Waals surface area contributed by atoms with Gasteiger partial charge in [-0.2, -0.15) is 0 Å². The molecule has 2 fully saturated rings. The summed E-state index contributed by atoms with van der Waals surface area (Å²) in [5.74, 6) is 1.01. The molecule has 0 spiro atoms. The highest BCUT2D eigenvalue weighted by Crippen LogP contribution is 2.31. The molecule has 17 heavy (non-hydrogen) atoms. The van der Waals surface area contributed by atoms with Crippen molar-refractivity contribution in [2.24, 2.45) is 11.3 Å². The topological polar surface area (TPSA) is 21.3 Å². The second-order valence-corrected chi connectivity index (χ2v) is 6.43. The molecule has 1 saturated carbocycles. The predicted molar refractivity (Wildman–Crippen MR) is 72.2 cm³/mol. The smallest absolute Gasteiger partial charge is 0.0471 e. The molecule has 0 aromatic carbocycles. The van der Waals surface area contributed by atoms with Gasteiger partial charge in [0.2, 0.25) is 0 Å². The lowest BCUT2D eigenvalue weighted by Gasteiger charge is -2.36. The fourth-order valence-corrected chi connectivity index (χ4v) is 3.21. The van der Waals surface area contributed by atoms with Gasteiger partial charge in [0.1, 0.15) is 0 Å². The molecule has 1 aliphatic heterocycles. The van der Waals surface area contributed by atoms with Crippen LogP contribution >= 0.6 is 0 Å². The van der Waals surface area contributed by atoms with Gasteiger partial charge in [-0.3, -0.25) is 0 Å². The fraction of sp³-hybridized carbons (Fsp3) is 1.00. The summed E-state index contributed by atoms with van der Waals surface area (Å²) >= 11 is 0. The number of hydrogen-bond acceptors (Lipinski definition) is 2. The lowest BCUT2D eigenvalue weighted by molar-refractivity contribution is 0.0220. The molecular formula is C15H29NO. The highest BCUT2D eigenvalue weighted by Gasteiger charge is 2.28. The van der Waals surface area contributed by atoms with Crippen LogP contribution in [0, 0.1) is 11.3 Å². The van der Waals surface area contributed by atoms with Crippen LogP contribution in [-0.4, -0.2) is 25.8 Å². The molecule has 2 rings (SSSR count). The first-order valence-corrected chi connectivity index (χ1v) is 7.53. The Hall–Kier alpha value is -0.0800. The van der Waals surface area contributed by atoms with Gasteiger partial charge in [0.15, 0.2) is 0 Å². The van der Waals surface area contributed by atoms with Crippen molar-refractivity contribution in [3.63, 3.8) is 0 Å². The molecule has 0 unspecified atom stereocenters. The van der Waals surface area contributed by atoms with Gasteiger partial charge in [-0.1, -0.05) is 20.3 Å². The minimum absolute atomic E-state index is 0.486. The summed E-state index contributed by atoms with van der Waals surface area (Å²) in [5, 5.41) is 3.82. The molecule has 0 aromatic heterocycles. The highest BCUT2D eigenvalue weighted by molar-refractivity contribution is 4.83. The van der Waals surface area contributed by atoms with Crippen molar-refractivity contribution in [3.05, 3.63) is 0 Å². The van der Waals surface area contributed by atoms with Crippen LogP contribution in [-0.2, 0) is 4.74 Å². The van der Waals surface area contributed by atoms with Crippen molar-refractivity contribution >= 4 is 0 Å². The molecule has 0 radical (unpaired) electrons. The fourth-order valence-electron chi connectivity index (χ4n) is 3.21. The maximum absolute atomic E-state index is 5.46. The standard InChI is InChI=1S/C15H29NO/c1-3-13-4-6-14(7-5-13)16-12-15(2)8-10-17-11-9-15/h13-14,16H,3-12H2,1-2H3. The van der Waals surface area contributed by atoms with Gasteiger partial charge in [0.25, 0.3) is 0 Å². The molecule has 1 saturated heterocycles. The molecule has 100 valence electrons. The van der Waals surface area contributed by atoms with Crippen molar-refractivity contribution in [1.82, 2.24) is 5.32 Å². The van der Waals surface area contributed by atoms with Gasteiger partial charge in [-0.25, -0.2) is 0 Å². The van der Waals surface area contributed by atoms with E-state index in [1.807, 2.05) is 0 Å². The summed E-state index contributed by atoms with van der Waals surface area (Å²) < 4.78 is 5.46. The van der Waals surface area contributed by atoms with Crippen LogP contribution in [0.15, 0.2) is 0 Å². The number of ether oxygens (including phenoxy) is 1. The van der Waals surface area contributed by atoms with Crippen LogP contribution < -0.4 is 5.32 Å². The number of rotatable bonds is 4. The second-order valence-electron chi connectivity index (χ2n) is 6.43. The molecule has 0 aromatic rings. The van der Waals surface area contributed by atoms with Crippen LogP contribution in [0.4, 0.5) is 0 Å². The van der Waals surface area contributed by atoms with E-state index in [9.17, 15) is 0 Å². The number of hydrogen-bond donors (Lipinski definition) is 1. The van der Waals surface area contributed by atoms with Crippen LogP contribution in [0.25, 0.3) is 0 Å². The summed E-state index contributed by atoms with van der Waals surface area (Å²) in [6.45, 7) is 7.86. The summed E-state index contributed by atoms with van der Waals surface area (Å²) in [6.07, 6.45) is 9.49. The van der Waals surface area contributed by atoms with E-state index < -0.39 is 0 Å². The zero-order chi connectivity index (χ0) is 12.1. The van der Waals surface area contributed by atoms with Crippen LogP contribution in [0.1, 0.15) is 58.8 Å². The van der Waals surface area contributed by atoms with Crippen molar-refractivity contribution in [1.29, 1.82) is 0 Å². The van der Waals surface area contributed by atoms with Crippen molar-refractivity contribution < 1.29 is 4.74 Å². The largest absolute Gasteiger partial charge is 0.381 e. The average molecular weight is 239 g/mol. The molecule has 1 heterocycles. The highest BCUT2D eigenvalue weighted by atomic mass is 16.5. The first-order chi connectivity index (χ1) is 8.22. The van der Waals surface area contributed by atoms with E-state index in [0.717, 1.165) is 25.2 Å². The molecule has 2 aliphatic rings. The Labute approximate surface area is 107 Å². The van der Waals surface area contributed by atoms with Gasteiger partial charge >= 0.3 is 0 Å². The van der Waals surface area contributed by atoms with E-state index in [-0.39, 0.29) is 0 Å². The van der Waals surface area contributed by atoms with Gasteiger partial charge < -0.3 is 10.1 Å². The molecule has 0 amide bonds. The van der Waals surface area contributed by atoms with Gasteiger partial charge in [0.05, 0.1) is 0 Å². The van der Waals surface area contributed by atoms with Gasteiger partial charge in [-0.05, 0) is 49.9 Å². The maximum Gasteiger partial charge on any atom is 0.0471 e. The normalized spacial score (nSPS) is 33.5. The molecule has 2 heteroatoms. The van der Waals surface area contributed by atoms with Crippen molar-refractivity contribution in [3.8, 4) is 0 Å². The maximum atomic E-state index is 5.46. The Morgan fingerprint density at radius 1 is 1.12 bits per heavy atom. The Morgan fingerprint density at radius 2 is 1.76 bits per heavy atom. The van der Waals surface area contributed by atoms with Crippen LogP contribution in [0.2, 0.25) is 0 Å². The zero-order valence-electron chi connectivity index (χ0n) is 11.6. The summed E-state index contributed by atoms with van der Waals surface area (Å²) in [4.78, 5) is 0.